The summed E-state index contributed by atoms with van der Waals surface area (Å²) in [7, 11) is 3.31. The summed E-state index contributed by atoms with van der Waals surface area (Å²) in [5.41, 5.74) is 3.21. The fourth-order valence-corrected chi connectivity index (χ4v) is 5.48. The standard InChI is InChI=1S/C25H21ClN4O3S/c1-14-12-29(13-27-14)19-10-5-16(11-20(19)33-4)22-15(2)21-23(31)30(18-8-6-17(26)7-9-18)25(32)28(3)24(21)34-22/h5-13H,1-4H3. The number of ether oxygens (including phenoxy) is 1. The molecule has 0 unspecified atom stereocenters. The average Bonchev–Trinajstić information content (AvgIpc) is 3.42. The second kappa shape index (κ2) is 8.30. The molecule has 0 N–H and O–H groups in total. The largest absolute Gasteiger partial charge is 0.495 e. The highest BCUT2D eigenvalue weighted by atomic mass is 35.5. The first kappa shape index (κ1) is 22.2. The number of fused-ring (bicyclic) bond motifs is 1. The van der Waals surface area contributed by atoms with E-state index in [0.717, 1.165) is 27.4 Å². The molecule has 0 atom stereocenters. The monoisotopic (exact) mass is 492 g/mol. The maximum atomic E-state index is 13.5. The average molecular weight is 493 g/mol. The second-order valence-corrected chi connectivity index (χ2v) is 9.44. The molecule has 0 amide bonds. The lowest BCUT2D eigenvalue weighted by atomic mass is 10.1. The van der Waals surface area contributed by atoms with Gasteiger partial charge in [0.25, 0.3) is 5.56 Å². The zero-order valence-electron chi connectivity index (χ0n) is 19.0. The highest BCUT2D eigenvalue weighted by Crippen LogP contribution is 2.39. The van der Waals surface area contributed by atoms with Gasteiger partial charge in [0, 0.05) is 23.1 Å². The van der Waals surface area contributed by atoms with Crippen LogP contribution < -0.4 is 16.0 Å². The highest BCUT2D eigenvalue weighted by molar-refractivity contribution is 7.22. The first-order valence-electron chi connectivity index (χ1n) is 10.5. The van der Waals surface area contributed by atoms with Crippen LogP contribution in [0.15, 0.2) is 64.6 Å². The van der Waals surface area contributed by atoms with Crippen molar-refractivity contribution in [3.05, 3.63) is 92.1 Å². The van der Waals surface area contributed by atoms with Crippen molar-refractivity contribution in [3.8, 4) is 27.6 Å². The zero-order valence-corrected chi connectivity index (χ0v) is 20.6. The topological polar surface area (TPSA) is 71.0 Å². The Hall–Kier alpha value is -3.62. The summed E-state index contributed by atoms with van der Waals surface area (Å²) in [6, 6.07) is 12.5. The summed E-state index contributed by atoms with van der Waals surface area (Å²) in [6.45, 7) is 3.84. The Kier molecular flexibility index (Phi) is 5.42. The number of thiophene rings is 1. The first-order valence-corrected chi connectivity index (χ1v) is 11.7. The van der Waals surface area contributed by atoms with E-state index in [1.807, 2.05) is 42.8 Å². The van der Waals surface area contributed by atoms with Crippen LogP contribution in [0.2, 0.25) is 5.02 Å². The maximum absolute atomic E-state index is 13.5. The van der Waals surface area contributed by atoms with Crippen molar-refractivity contribution in [3.63, 3.8) is 0 Å². The summed E-state index contributed by atoms with van der Waals surface area (Å²) in [5.74, 6) is 0.680. The van der Waals surface area contributed by atoms with Gasteiger partial charge in [-0.15, -0.1) is 11.3 Å². The number of benzene rings is 2. The van der Waals surface area contributed by atoms with E-state index in [2.05, 4.69) is 4.98 Å². The number of hydrogen-bond donors (Lipinski definition) is 0. The van der Waals surface area contributed by atoms with Crippen LogP contribution >= 0.6 is 22.9 Å². The summed E-state index contributed by atoms with van der Waals surface area (Å²) in [5, 5.41) is 1.05. The second-order valence-electron chi connectivity index (χ2n) is 8.00. The summed E-state index contributed by atoms with van der Waals surface area (Å²) < 4.78 is 10.3. The van der Waals surface area contributed by atoms with Gasteiger partial charge in [-0.25, -0.2) is 14.3 Å². The first-order chi connectivity index (χ1) is 16.3. The van der Waals surface area contributed by atoms with E-state index >= 15 is 0 Å². The molecule has 3 heterocycles. The molecule has 5 aromatic rings. The van der Waals surface area contributed by atoms with Crippen LogP contribution in [0.3, 0.4) is 0 Å². The van der Waals surface area contributed by atoms with Crippen LogP contribution in [0.5, 0.6) is 5.75 Å². The summed E-state index contributed by atoms with van der Waals surface area (Å²) in [6.07, 6.45) is 3.67. The van der Waals surface area contributed by atoms with E-state index in [4.69, 9.17) is 16.3 Å². The quantitative estimate of drug-likeness (QED) is 0.358. The smallest absolute Gasteiger partial charge is 0.336 e. The van der Waals surface area contributed by atoms with Crippen LogP contribution in [-0.2, 0) is 7.05 Å². The van der Waals surface area contributed by atoms with Crippen molar-refractivity contribution in [2.75, 3.05) is 7.11 Å². The number of nitrogens with zero attached hydrogens (tertiary/aromatic N) is 4. The number of halogens is 1. The number of imidazole rings is 1. The minimum atomic E-state index is -0.406. The van der Waals surface area contributed by atoms with E-state index in [1.165, 1.54) is 20.5 Å². The Balaban J connectivity index is 1.72. The van der Waals surface area contributed by atoms with Crippen LogP contribution in [0.4, 0.5) is 0 Å². The Morgan fingerprint density at radius 3 is 2.44 bits per heavy atom. The third kappa shape index (κ3) is 3.46. The SMILES string of the molecule is COc1cc(-c2sc3c(c2C)c(=O)n(-c2ccc(Cl)cc2)c(=O)n3C)ccc1-n1cnc(C)c1. The van der Waals surface area contributed by atoms with Crippen LogP contribution in [-0.4, -0.2) is 25.8 Å². The minimum absolute atomic E-state index is 0.349. The lowest BCUT2D eigenvalue weighted by molar-refractivity contribution is 0.413. The van der Waals surface area contributed by atoms with Crippen molar-refractivity contribution in [2.24, 2.45) is 7.05 Å². The van der Waals surface area contributed by atoms with E-state index in [9.17, 15) is 9.59 Å². The number of hydrogen-bond acceptors (Lipinski definition) is 5. The van der Waals surface area contributed by atoms with Crippen LogP contribution in [0, 0.1) is 13.8 Å². The maximum Gasteiger partial charge on any atom is 0.336 e. The fraction of sp³-hybridized carbons (Fsp3) is 0.160. The number of rotatable bonds is 4. The lowest BCUT2D eigenvalue weighted by Crippen LogP contribution is -2.37. The zero-order chi connectivity index (χ0) is 24.1. The Morgan fingerprint density at radius 2 is 1.79 bits per heavy atom. The molecule has 0 aliphatic rings. The Labute approximate surface area is 204 Å². The third-order valence-electron chi connectivity index (χ3n) is 5.84. The van der Waals surface area contributed by atoms with Crippen molar-refractivity contribution in [1.82, 2.24) is 18.7 Å². The molecular weight excluding hydrogens is 472 g/mol. The van der Waals surface area contributed by atoms with Gasteiger partial charge in [-0.05, 0) is 61.4 Å². The molecule has 34 heavy (non-hydrogen) atoms. The van der Waals surface area contributed by atoms with Gasteiger partial charge >= 0.3 is 5.69 Å². The molecule has 0 saturated heterocycles. The van der Waals surface area contributed by atoms with E-state index < -0.39 is 5.69 Å². The molecule has 0 saturated carbocycles. The van der Waals surface area contributed by atoms with Crippen LogP contribution in [0.1, 0.15) is 11.3 Å². The predicted molar refractivity (Wildman–Crippen MR) is 136 cm³/mol. The molecule has 2 aromatic carbocycles. The summed E-state index contributed by atoms with van der Waals surface area (Å²) >= 11 is 7.41. The number of methoxy groups -OCH3 is 1. The molecule has 0 fully saturated rings. The van der Waals surface area contributed by atoms with Gasteiger partial charge in [0.15, 0.2) is 0 Å². The van der Waals surface area contributed by atoms with Gasteiger partial charge in [0.2, 0.25) is 0 Å². The fourth-order valence-electron chi connectivity index (χ4n) is 4.10. The molecule has 5 rings (SSSR count). The number of aromatic nitrogens is 4. The van der Waals surface area contributed by atoms with E-state index in [0.29, 0.717) is 26.7 Å². The van der Waals surface area contributed by atoms with Crippen molar-refractivity contribution in [1.29, 1.82) is 0 Å². The normalized spacial score (nSPS) is 11.3. The lowest BCUT2D eigenvalue weighted by Gasteiger charge is -2.11. The van der Waals surface area contributed by atoms with Gasteiger partial charge in [0.1, 0.15) is 10.6 Å². The van der Waals surface area contributed by atoms with Crippen molar-refractivity contribution >= 4 is 33.2 Å². The highest BCUT2D eigenvalue weighted by Gasteiger charge is 2.21. The van der Waals surface area contributed by atoms with Gasteiger partial charge in [-0.2, -0.15) is 0 Å². The molecular formula is C25H21ClN4O3S. The van der Waals surface area contributed by atoms with Gasteiger partial charge in [-0.1, -0.05) is 17.7 Å². The molecule has 0 bridgehead atoms. The van der Waals surface area contributed by atoms with Gasteiger partial charge in [-0.3, -0.25) is 9.36 Å². The molecule has 172 valence electrons. The molecule has 0 aliphatic carbocycles. The van der Waals surface area contributed by atoms with Crippen molar-refractivity contribution in [2.45, 2.75) is 13.8 Å². The molecule has 0 radical (unpaired) electrons. The summed E-state index contributed by atoms with van der Waals surface area (Å²) in [4.78, 5) is 32.4. The molecule has 0 spiro atoms. The molecule has 7 nitrogen and oxygen atoms in total. The Morgan fingerprint density at radius 1 is 1.06 bits per heavy atom. The van der Waals surface area contributed by atoms with Gasteiger partial charge < -0.3 is 9.30 Å². The molecule has 0 aliphatic heterocycles. The Bertz CT molecular complexity index is 1680. The van der Waals surface area contributed by atoms with E-state index in [-0.39, 0.29) is 5.56 Å². The third-order valence-corrected chi connectivity index (χ3v) is 7.51. The minimum Gasteiger partial charge on any atom is -0.495 e. The van der Waals surface area contributed by atoms with Crippen molar-refractivity contribution < 1.29 is 4.74 Å². The van der Waals surface area contributed by atoms with Gasteiger partial charge in [0.05, 0.1) is 35.9 Å². The molecule has 9 heteroatoms. The van der Waals surface area contributed by atoms with Crippen LogP contribution in [0.25, 0.3) is 32.0 Å². The predicted octanol–water partition coefficient (Wildman–Crippen LogP) is 4.88. The van der Waals surface area contributed by atoms with E-state index in [1.54, 1.807) is 44.8 Å². The molecule has 3 aromatic heterocycles. The number of aryl methyl sites for hydroxylation is 3.